The summed E-state index contributed by atoms with van der Waals surface area (Å²) in [5.74, 6) is 4.46. The summed E-state index contributed by atoms with van der Waals surface area (Å²) < 4.78 is 0. The number of hydrogen-bond acceptors (Lipinski definition) is 7. The maximum atomic E-state index is 5.92. The van der Waals surface area contributed by atoms with Gasteiger partial charge in [0.2, 0.25) is 5.95 Å². The van der Waals surface area contributed by atoms with Crippen LogP contribution in [-0.4, -0.2) is 39.5 Å². The fraction of sp³-hybridized carbons (Fsp3) is 0.409. The Morgan fingerprint density at radius 1 is 1.14 bits per heavy atom. The normalized spacial score (nSPS) is 15.5. The van der Waals surface area contributed by atoms with Crippen LogP contribution in [0.25, 0.3) is 10.9 Å². The number of para-hydroxylation sites is 1. The van der Waals surface area contributed by atoms with Crippen molar-refractivity contribution >= 4 is 40.2 Å². The van der Waals surface area contributed by atoms with Crippen LogP contribution >= 0.6 is 11.8 Å². The van der Waals surface area contributed by atoms with Crippen LogP contribution in [0.5, 0.6) is 0 Å². The Hall–Kier alpha value is -2.54. The molecule has 0 bridgehead atoms. The molecule has 152 valence electrons. The number of pyridine rings is 1. The van der Waals surface area contributed by atoms with Crippen LogP contribution in [0.15, 0.2) is 30.3 Å². The highest BCUT2D eigenvalue weighted by Crippen LogP contribution is 2.34. The van der Waals surface area contributed by atoms with Gasteiger partial charge < -0.3 is 16.0 Å². The van der Waals surface area contributed by atoms with Crippen molar-refractivity contribution in [2.45, 2.75) is 33.2 Å². The first kappa shape index (κ1) is 19.8. The Kier molecular flexibility index (Phi) is 5.76. The minimum atomic E-state index is 0.0871. The third kappa shape index (κ3) is 4.10. The molecule has 29 heavy (non-hydrogen) atoms. The molecule has 1 unspecified atom stereocenters. The first-order valence-electron chi connectivity index (χ1n) is 10.2. The summed E-state index contributed by atoms with van der Waals surface area (Å²) in [6, 6.07) is 10.7. The van der Waals surface area contributed by atoms with Gasteiger partial charge in [0.25, 0.3) is 0 Å². The van der Waals surface area contributed by atoms with E-state index < -0.39 is 0 Å². The monoisotopic (exact) mass is 408 g/mol. The molecule has 1 saturated heterocycles. The molecule has 3 aromatic rings. The minimum absolute atomic E-state index is 0.0871. The number of aryl methyl sites for hydroxylation is 1. The number of fused-ring (bicyclic) bond motifs is 1. The summed E-state index contributed by atoms with van der Waals surface area (Å²) in [5.41, 5.74) is 10.1. The lowest BCUT2D eigenvalue weighted by molar-refractivity contribution is 0.726. The molecule has 1 fully saturated rings. The zero-order valence-corrected chi connectivity index (χ0v) is 18.1. The molecule has 2 aromatic heterocycles. The SMILES string of the molecule is CCC(Nc1nc(N)nc(C)c1C)c1cc2ccccc2nc1N1CCSCC1. The Bertz CT molecular complexity index is 1020. The molecule has 6 nitrogen and oxygen atoms in total. The van der Waals surface area contributed by atoms with Gasteiger partial charge in [-0.15, -0.1) is 0 Å². The van der Waals surface area contributed by atoms with Crippen molar-refractivity contribution < 1.29 is 0 Å². The lowest BCUT2D eigenvalue weighted by Gasteiger charge is -2.32. The predicted molar refractivity (Wildman–Crippen MR) is 124 cm³/mol. The van der Waals surface area contributed by atoms with E-state index in [0.29, 0.717) is 5.95 Å². The lowest BCUT2D eigenvalue weighted by atomic mass is 10.0. The number of hydrogen-bond donors (Lipinski definition) is 2. The Morgan fingerprint density at radius 3 is 2.66 bits per heavy atom. The molecule has 0 radical (unpaired) electrons. The molecular weight excluding hydrogens is 380 g/mol. The Balaban J connectivity index is 1.79. The van der Waals surface area contributed by atoms with Crippen molar-refractivity contribution in [2.75, 3.05) is 40.5 Å². The van der Waals surface area contributed by atoms with Crippen molar-refractivity contribution in [1.82, 2.24) is 15.0 Å². The minimum Gasteiger partial charge on any atom is -0.368 e. The summed E-state index contributed by atoms with van der Waals surface area (Å²) in [5, 5.41) is 4.80. The molecule has 0 aliphatic carbocycles. The van der Waals surface area contributed by atoms with Crippen LogP contribution in [0, 0.1) is 13.8 Å². The van der Waals surface area contributed by atoms with Gasteiger partial charge in [0.1, 0.15) is 11.6 Å². The lowest BCUT2D eigenvalue weighted by Crippen LogP contribution is -2.34. The van der Waals surface area contributed by atoms with E-state index in [0.717, 1.165) is 64.8 Å². The number of nitrogens with zero attached hydrogens (tertiary/aromatic N) is 4. The van der Waals surface area contributed by atoms with E-state index in [9.17, 15) is 0 Å². The molecule has 1 aliphatic rings. The molecule has 0 spiro atoms. The second-order valence-corrected chi connectivity index (χ2v) is 8.66. The van der Waals surface area contributed by atoms with Crippen molar-refractivity contribution in [3.05, 3.63) is 47.2 Å². The fourth-order valence-electron chi connectivity index (χ4n) is 3.76. The van der Waals surface area contributed by atoms with Gasteiger partial charge in [-0.3, -0.25) is 0 Å². The van der Waals surface area contributed by atoms with Gasteiger partial charge in [-0.2, -0.15) is 16.7 Å². The highest BCUT2D eigenvalue weighted by atomic mass is 32.2. The number of nitrogens with two attached hydrogens (primary N) is 1. The summed E-state index contributed by atoms with van der Waals surface area (Å²) in [4.78, 5) is 16.3. The number of anilines is 3. The van der Waals surface area contributed by atoms with Gasteiger partial charge in [-0.1, -0.05) is 25.1 Å². The first-order valence-corrected chi connectivity index (χ1v) is 11.3. The van der Waals surface area contributed by atoms with Crippen LogP contribution in [0.3, 0.4) is 0 Å². The summed E-state index contributed by atoms with van der Waals surface area (Å²) >= 11 is 2.01. The average Bonchev–Trinajstić information content (AvgIpc) is 2.75. The summed E-state index contributed by atoms with van der Waals surface area (Å²) in [6.45, 7) is 8.24. The maximum absolute atomic E-state index is 5.92. The van der Waals surface area contributed by atoms with Crippen LogP contribution in [0.1, 0.15) is 36.2 Å². The average molecular weight is 409 g/mol. The Labute approximate surface area is 176 Å². The molecule has 0 amide bonds. The van der Waals surface area contributed by atoms with Gasteiger partial charge in [0, 0.05) is 46.8 Å². The molecular formula is C22H28N6S. The van der Waals surface area contributed by atoms with Crippen LogP contribution in [-0.2, 0) is 0 Å². The van der Waals surface area contributed by atoms with Crippen molar-refractivity contribution in [2.24, 2.45) is 0 Å². The van der Waals surface area contributed by atoms with E-state index in [2.05, 4.69) is 57.4 Å². The molecule has 1 atom stereocenters. The van der Waals surface area contributed by atoms with Gasteiger partial charge in [-0.25, -0.2) is 9.97 Å². The number of thioether (sulfide) groups is 1. The smallest absolute Gasteiger partial charge is 0.222 e. The third-order valence-corrected chi connectivity index (χ3v) is 6.49. The van der Waals surface area contributed by atoms with Crippen molar-refractivity contribution in [3.63, 3.8) is 0 Å². The number of nitrogens with one attached hydrogen (secondary N) is 1. The van der Waals surface area contributed by atoms with Crippen LogP contribution in [0.4, 0.5) is 17.6 Å². The van der Waals surface area contributed by atoms with Gasteiger partial charge in [0.15, 0.2) is 0 Å². The molecule has 1 aliphatic heterocycles. The second-order valence-electron chi connectivity index (χ2n) is 7.44. The number of benzene rings is 1. The van der Waals surface area contributed by atoms with Crippen LogP contribution < -0.4 is 16.0 Å². The summed E-state index contributed by atoms with van der Waals surface area (Å²) in [7, 11) is 0. The number of rotatable bonds is 5. The largest absolute Gasteiger partial charge is 0.368 e. The zero-order valence-electron chi connectivity index (χ0n) is 17.3. The molecule has 1 aromatic carbocycles. The fourth-order valence-corrected chi connectivity index (χ4v) is 4.67. The molecule has 4 rings (SSSR count). The van der Waals surface area contributed by atoms with Gasteiger partial charge in [0.05, 0.1) is 11.6 Å². The van der Waals surface area contributed by atoms with Crippen molar-refractivity contribution in [3.8, 4) is 0 Å². The first-order chi connectivity index (χ1) is 14.1. The van der Waals surface area contributed by atoms with Crippen molar-refractivity contribution in [1.29, 1.82) is 0 Å². The van der Waals surface area contributed by atoms with E-state index in [1.807, 2.05) is 25.6 Å². The second kappa shape index (κ2) is 8.45. The highest BCUT2D eigenvalue weighted by Gasteiger charge is 2.23. The molecule has 0 saturated carbocycles. The predicted octanol–water partition coefficient (Wildman–Crippen LogP) is 4.34. The molecule has 3 N–H and O–H groups in total. The highest BCUT2D eigenvalue weighted by molar-refractivity contribution is 7.99. The van der Waals surface area contributed by atoms with E-state index in [1.165, 1.54) is 5.56 Å². The quantitative estimate of drug-likeness (QED) is 0.650. The van der Waals surface area contributed by atoms with Crippen LogP contribution in [0.2, 0.25) is 0 Å². The summed E-state index contributed by atoms with van der Waals surface area (Å²) in [6.07, 6.45) is 0.915. The van der Waals surface area contributed by atoms with Gasteiger partial charge >= 0.3 is 0 Å². The van der Waals surface area contributed by atoms with Gasteiger partial charge in [-0.05, 0) is 32.4 Å². The standard InChI is InChI=1S/C22H28N6S/c1-4-18(25-20-14(2)15(3)24-22(23)27-20)17-13-16-7-5-6-8-19(16)26-21(17)28-9-11-29-12-10-28/h5-8,13,18H,4,9-12H2,1-3H3,(H3,23,24,25,27). The Morgan fingerprint density at radius 2 is 1.90 bits per heavy atom. The van der Waals surface area contributed by atoms with E-state index in [4.69, 9.17) is 10.7 Å². The number of aromatic nitrogens is 3. The van der Waals surface area contributed by atoms with E-state index >= 15 is 0 Å². The van der Waals surface area contributed by atoms with E-state index in [1.54, 1.807) is 0 Å². The molecule has 7 heteroatoms. The maximum Gasteiger partial charge on any atom is 0.222 e. The third-order valence-electron chi connectivity index (χ3n) is 5.54. The number of nitrogen functional groups attached to an aromatic ring is 1. The van der Waals surface area contributed by atoms with E-state index in [-0.39, 0.29) is 6.04 Å². The topological polar surface area (TPSA) is 80.0 Å². The molecule has 3 heterocycles. The zero-order chi connectivity index (χ0) is 20.4.